The van der Waals surface area contributed by atoms with E-state index >= 15 is 0 Å². The Balaban J connectivity index is 2.58. The number of hydrogen-bond donors (Lipinski definition) is 2. The van der Waals surface area contributed by atoms with Gasteiger partial charge in [0.2, 0.25) is 0 Å². The predicted octanol–water partition coefficient (Wildman–Crippen LogP) is 1.73. The molecular formula is C11H13NO2. The predicted molar refractivity (Wildman–Crippen MR) is 55.0 cm³/mol. The first kappa shape index (κ1) is 9.24. The average Bonchev–Trinajstić information content (AvgIpc) is 2.62. The maximum Gasteiger partial charge on any atom is 0.134 e. The van der Waals surface area contributed by atoms with Gasteiger partial charge in [-0.25, -0.2) is 0 Å². The van der Waals surface area contributed by atoms with Gasteiger partial charge in [0, 0.05) is 11.9 Å². The maximum atomic E-state index is 9.65. The van der Waals surface area contributed by atoms with E-state index in [1.807, 2.05) is 25.1 Å². The molecule has 1 aromatic heterocycles. The third-order valence-electron chi connectivity index (χ3n) is 2.42. The molecule has 0 aliphatic heterocycles. The minimum atomic E-state index is -0.589. The van der Waals surface area contributed by atoms with Crippen molar-refractivity contribution in [1.82, 2.24) is 0 Å². The Morgan fingerprint density at radius 2 is 2.29 bits per heavy atom. The quantitative estimate of drug-likeness (QED) is 0.760. The van der Waals surface area contributed by atoms with Crippen LogP contribution in [0.5, 0.6) is 0 Å². The van der Waals surface area contributed by atoms with Crippen molar-refractivity contribution in [3.8, 4) is 0 Å². The highest BCUT2D eigenvalue weighted by Crippen LogP contribution is 2.24. The normalized spacial score (nSPS) is 13.4. The van der Waals surface area contributed by atoms with Gasteiger partial charge in [-0.15, -0.1) is 0 Å². The summed E-state index contributed by atoms with van der Waals surface area (Å²) in [6.45, 7) is 2.18. The fourth-order valence-electron chi connectivity index (χ4n) is 1.61. The molecule has 0 saturated heterocycles. The fraction of sp³-hybridized carbons (Fsp3) is 0.273. The van der Waals surface area contributed by atoms with Crippen LogP contribution in [0.4, 0.5) is 0 Å². The van der Waals surface area contributed by atoms with Crippen molar-refractivity contribution in [2.45, 2.75) is 13.0 Å². The molecule has 3 N–H and O–H groups in total. The van der Waals surface area contributed by atoms with E-state index in [1.54, 1.807) is 6.26 Å². The molecule has 1 heterocycles. The standard InChI is InChI=1S/C11H13NO2/c1-7-4-11-8(2-3-14-11)5-9(7)10(13)6-12/h2-5,10,13H,6,12H2,1H3. The van der Waals surface area contributed by atoms with E-state index in [1.165, 1.54) is 0 Å². The minimum Gasteiger partial charge on any atom is -0.464 e. The molecule has 0 spiro atoms. The van der Waals surface area contributed by atoms with E-state index in [2.05, 4.69) is 0 Å². The van der Waals surface area contributed by atoms with Gasteiger partial charge in [-0.1, -0.05) is 0 Å². The van der Waals surface area contributed by atoms with Crippen LogP contribution in [0.15, 0.2) is 28.9 Å². The van der Waals surface area contributed by atoms with E-state index in [0.29, 0.717) is 0 Å². The molecule has 2 rings (SSSR count). The molecule has 14 heavy (non-hydrogen) atoms. The van der Waals surface area contributed by atoms with Crippen molar-refractivity contribution in [3.63, 3.8) is 0 Å². The van der Waals surface area contributed by atoms with Crippen LogP contribution in [-0.2, 0) is 0 Å². The SMILES string of the molecule is Cc1cc2occc2cc1C(O)CN. The molecule has 2 aromatic rings. The number of aryl methyl sites for hydroxylation is 1. The number of nitrogens with two attached hydrogens (primary N) is 1. The summed E-state index contributed by atoms with van der Waals surface area (Å²) in [5.74, 6) is 0. The highest BCUT2D eigenvalue weighted by Gasteiger charge is 2.10. The van der Waals surface area contributed by atoms with Crippen LogP contribution in [0.25, 0.3) is 11.0 Å². The largest absolute Gasteiger partial charge is 0.464 e. The molecule has 0 amide bonds. The van der Waals surface area contributed by atoms with Gasteiger partial charge in [-0.05, 0) is 36.2 Å². The summed E-state index contributed by atoms with van der Waals surface area (Å²) in [6.07, 6.45) is 1.05. The first-order valence-corrected chi connectivity index (χ1v) is 4.58. The van der Waals surface area contributed by atoms with Crippen LogP contribution in [0.1, 0.15) is 17.2 Å². The molecule has 0 aliphatic carbocycles. The molecule has 0 fully saturated rings. The zero-order chi connectivity index (χ0) is 10.1. The lowest BCUT2D eigenvalue weighted by Gasteiger charge is -2.11. The molecule has 0 bridgehead atoms. The average molecular weight is 191 g/mol. The number of aliphatic hydroxyl groups excluding tert-OH is 1. The smallest absolute Gasteiger partial charge is 0.134 e. The third-order valence-corrected chi connectivity index (χ3v) is 2.42. The van der Waals surface area contributed by atoms with Crippen molar-refractivity contribution >= 4 is 11.0 Å². The van der Waals surface area contributed by atoms with E-state index in [4.69, 9.17) is 10.2 Å². The Bertz CT molecular complexity index is 447. The lowest BCUT2D eigenvalue weighted by Crippen LogP contribution is -2.12. The second kappa shape index (κ2) is 3.44. The number of aliphatic hydroxyl groups is 1. The Morgan fingerprint density at radius 1 is 1.50 bits per heavy atom. The molecule has 74 valence electrons. The van der Waals surface area contributed by atoms with E-state index in [0.717, 1.165) is 22.1 Å². The molecule has 0 saturated carbocycles. The Morgan fingerprint density at radius 3 is 3.00 bits per heavy atom. The van der Waals surface area contributed by atoms with Crippen LogP contribution < -0.4 is 5.73 Å². The van der Waals surface area contributed by atoms with Gasteiger partial charge >= 0.3 is 0 Å². The summed E-state index contributed by atoms with van der Waals surface area (Å²) >= 11 is 0. The van der Waals surface area contributed by atoms with Crippen LogP contribution in [0.3, 0.4) is 0 Å². The van der Waals surface area contributed by atoms with Gasteiger partial charge in [-0.2, -0.15) is 0 Å². The van der Waals surface area contributed by atoms with Crippen LogP contribution in [-0.4, -0.2) is 11.7 Å². The van der Waals surface area contributed by atoms with Gasteiger partial charge in [0.05, 0.1) is 12.4 Å². The topological polar surface area (TPSA) is 59.4 Å². The summed E-state index contributed by atoms with van der Waals surface area (Å²) < 4.78 is 5.25. The fourth-order valence-corrected chi connectivity index (χ4v) is 1.61. The highest BCUT2D eigenvalue weighted by atomic mass is 16.3. The Hall–Kier alpha value is -1.32. The van der Waals surface area contributed by atoms with Gasteiger partial charge < -0.3 is 15.3 Å². The lowest BCUT2D eigenvalue weighted by atomic mass is 10.0. The monoisotopic (exact) mass is 191 g/mol. The van der Waals surface area contributed by atoms with Crippen molar-refractivity contribution < 1.29 is 9.52 Å². The second-order valence-corrected chi connectivity index (χ2v) is 3.42. The van der Waals surface area contributed by atoms with Crippen molar-refractivity contribution in [1.29, 1.82) is 0 Å². The van der Waals surface area contributed by atoms with Crippen molar-refractivity contribution in [2.24, 2.45) is 5.73 Å². The Labute approximate surface area is 82.1 Å². The zero-order valence-corrected chi connectivity index (χ0v) is 8.03. The van der Waals surface area contributed by atoms with E-state index < -0.39 is 6.10 Å². The first-order chi connectivity index (χ1) is 6.72. The summed E-state index contributed by atoms with van der Waals surface area (Å²) in [5, 5.41) is 10.6. The second-order valence-electron chi connectivity index (χ2n) is 3.42. The number of furan rings is 1. The van der Waals surface area contributed by atoms with Crippen LogP contribution in [0.2, 0.25) is 0 Å². The van der Waals surface area contributed by atoms with Gasteiger partial charge in [0.1, 0.15) is 5.58 Å². The molecule has 1 unspecified atom stereocenters. The third kappa shape index (κ3) is 1.41. The van der Waals surface area contributed by atoms with Crippen molar-refractivity contribution in [2.75, 3.05) is 6.54 Å². The molecule has 0 aliphatic rings. The minimum absolute atomic E-state index is 0.240. The van der Waals surface area contributed by atoms with Crippen molar-refractivity contribution in [3.05, 3.63) is 35.6 Å². The van der Waals surface area contributed by atoms with Gasteiger partial charge in [-0.3, -0.25) is 0 Å². The molecular weight excluding hydrogens is 178 g/mol. The van der Waals surface area contributed by atoms with Gasteiger partial charge in [0.25, 0.3) is 0 Å². The Kier molecular flexibility index (Phi) is 2.27. The highest BCUT2D eigenvalue weighted by molar-refractivity contribution is 5.79. The summed E-state index contributed by atoms with van der Waals surface area (Å²) in [6, 6.07) is 5.72. The van der Waals surface area contributed by atoms with Gasteiger partial charge in [0.15, 0.2) is 0 Å². The number of hydrogen-bond acceptors (Lipinski definition) is 3. The zero-order valence-electron chi connectivity index (χ0n) is 8.03. The molecule has 0 radical (unpaired) electrons. The summed E-state index contributed by atoms with van der Waals surface area (Å²) in [7, 11) is 0. The molecule has 1 aromatic carbocycles. The number of benzene rings is 1. The maximum absolute atomic E-state index is 9.65. The number of rotatable bonds is 2. The van der Waals surface area contributed by atoms with Crippen LogP contribution >= 0.6 is 0 Å². The molecule has 3 heteroatoms. The summed E-state index contributed by atoms with van der Waals surface area (Å²) in [4.78, 5) is 0. The van der Waals surface area contributed by atoms with Crippen LogP contribution in [0, 0.1) is 6.92 Å². The van der Waals surface area contributed by atoms with E-state index in [9.17, 15) is 5.11 Å². The van der Waals surface area contributed by atoms with E-state index in [-0.39, 0.29) is 6.54 Å². The lowest BCUT2D eigenvalue weighted by molar-refractivity contribution is 0.186. The first-order valence-electron chi connectivity index (χ1n) is 4.58. The molecule has 3 nitrogen and oxygen atoms in total. The number of fused-ring (bicyclic) bond motifs is 1. The summed E-state index contributed by atoms with van der Waals surface area (Å²) in [5.41, 5.74) is 8.14. The molecule has 1 atom stereocenters.